The lowest BCUT2D eigenvalue weighted by atomic mass is 9.72. The molecule has 3 N–H and O–H groups in total. The molecule has 5 rings (SSSR count). The third-order valence-corrected chi connectivity index (χ3v) is 6.83. The summed E-state index contributed by atoms with van der Waals surface area (Å²) in [6, 6.07) is 13.3. The quantitative estimate of drug-likeness (QED) is 0.484. The number of hydrogen-bond donors (Lipinski definition) is 3. The highest BCUT2D eigenvalue weighted by Gasteiger charge is 2.38. The van der Waals surface area contributed by atoms with Crippen LogP contribution in [0.25, 0.3) is 22.5 Å². The maximum atomic E-state index is 11.5. The van der Waals surface area contributed by atoms with Crippen molar-refractivity contribution in [3.05, 3.63) is 42.5 Å². The number of halogens is 1. The number of aromatic amines is 1. The van der Waals surface area contributed by atoms with Gasteiger partial charge in [-0.1, -0.05) is 24.3 Å². The normalized spacial score (nSPS) is 23.9. The van der Waals surface area contributed by atoms with Crippen LogP contribution >= 0.6 is 12.4 Å². The summed E-state index contributed by atoms with van der Waals surface area (Å²) in [7, 11) is 1.66. The number of para-hydroxylation sites is 1. The third kappa shape index (κ3) is 4.85. The second kappa shape index (κ2) is 10.4. The van der Waals surface area contributed by atoms with Crippen LogP contribution in [0.2, 0.25) is 0 Å². The molecule has 1 aromatic heterocycles. The van der Waals surface area contributed by atoms with Crippen molar-refractivity contribution in [1.29, 1.82) is 0 Å². The first-order chi connectivity index (χ1) is 16.1. The van der Waals surface area contributed by atoms with Gasteiger partial charge >= 0.3 is 5.97 Å². The fraction of sp³-hybridized carbons (Fsp3) is 0.417. The molecule has 180 valence electrons. The number of hydrogen-bond acceptors (Lipinski definition) is 7. The van der Waals surface area contributed by atoms with Gasteiger partial charge in [-0.15, -0.1) is 22.6 Å². The van der Waals surface area contributed by atoms with Gasteiger partial charge in [-0.2, -0.15) is 5.21 Å². The molecule has 2 aliphatic rings. The molecular weight excluding hydrogens is 458 g/mol. The van der Waals surface area contributed by atoms with E-state index in [4.69, 9.17) is 9.47 Å². The monoisotopic (exact) mass is 485 g/mol. The number of carbonyl (C=O) groups is 1. The van der Waals surface area contributed by atoms with Crippen molar-refractivity contribution in [1.82, 2.24) is 25.9 Å². The number of nitrogens with zero attached hydrogens (tertiary/aromatic N) is 3. The first-order valence-electron chi connectivity index (χ1n) is 11.3. The Balaban J connectivity index is 0.00000274. The number of tetrazole rings is 1. The summed E-state index contributed by atoms with van der Waals surface area (Å²) >= 11 is 0. The molecule has 0 amide bonds. The van der Waals surface area contributed by atoms with Crippen LogP contribution in [-0.2, 0) is 4.79 Å². The van der Waals surface area contributed by atoms with Crippen molar-refractivity contribution in [3.63, 3.8) is 0 Å². The molecule has 2 aromatic carbocycles. The molecule has 1 aliphatic carbocycles. The van der Waals surface area contributed by atoms with E-state index in [2.05, 4.69) is 25.9 Å². The highest BCUT2D eigenvalue weighted by molar-refractivity contribution is 5.85. The van der Waals surface area contributed by atoms with E-state index in [0.717, 1.165) is 48.2 Å². The number of benzene rings is 2. The molecule has 0 radical (unpaired) electrons. The minimum Gasteiger partial charge on any atom is -0.496 e. The van der Waals surface area contributed by atoms with Crippen LogP contribution in [0.4, 0.5) is 0 Å². The molecule has 10 heteroatoms. The first-order valence-corrected chi connectivity index (χ1v) is 11.3. The molecule has 4 unspecified atom stereocenters. The highest BCUT2D eigenvalue weighted by Crippen LogP contribution is 2.40. The van der Waals surface area contributed by atoms with E-state index < -0.39 is 12.0 Å². The van der Waals surface area contributed by atoms with Gasteiger partial charge in [0.05, 0.1) is 18.8 Å². The van der Waals surface area contributed by atoms with Crippen molar-refractivity contribution < 1.29 is 19.4 Å². The summed E-state index contributed by atoms with van der Waals surface area (Å²) in [6.07, 6.45) is 3.40. The van der Waals surface area contributed by atoms with E-state index in [1.165, 1.54) is 0 Å². The van der Waals surface area contributed by atoms with Crippen molar-refractivity contribution in [2.45, 2.75) is 37.8 Å². The van der Waals surface area contributed by atoms with Gasteiger partial charge in [0.2, 0.25) is 5.82 Å². The number of H-pyrrole nitrogens is 1. The topological polar surface area (TPSA) is 122 Å². The summed E-state index contributed by atoms with van der Waals surface area (Å²) in [5.41, 5.74) is 2.70. The Hall–Kier alpha value is -3.17. The van der Waals surface area contributed by atoms with Gasteiger partial charge in [0.25, 0.3) is 0 Å². The molecule has 34 heavy (non-hydrogen) atoms. The maximum absolute atomic E-state index is 11.5. The molecule has 1 saturated carbocycles. The number of fused-ring (bicyclic) bond motifs is 1. The summed E-state index contributed by atoms with van der Waals surface area (Å²) in [4.78, 5) is 11.5. The first kappa shape index (κ1) is 24.0. The second-order valence-corrected chi connectivity index (χ2v) is 8.75. The summed E-state index contributed by atoms with van der Waals surface area (Å²) in [6.45, 7) is 0.756. The predicted molar refractivity (Wildman–Crippen MR) is 128 cm³/mol. The van der Waals surface area contributed by atoms with E-state index in [9.17, 15) is 9.90 Å². The molecule has 3 aromatic rings. The zero-order valence-electron chi connectivity index (χ0n) is 18.8. The second-order valence-electron chi connectivity index (χ2n) is 8.75. The average molecular weight is 486 g/mol. The Morgan fingerprint density at radius 1 is 1.06 bits per heavy atom. The van der Waals surface area contributed by atoms with Crippen LogP contribution < -0.4 is 14.8 Å². The lowest BCUT2D eigenvalue weighted by Gasteiger charge is -2.41. The molecule has 9 nitrogen and oxygen atoms in total. The Labute approximate surface area is 203 Å². The number of ether oxygens (including phenoxy) is 2. The van der Waals surface area contributed by atoms with E-state index in [1.54, 1.807) is 7.11 Å². The number of carboxylic acids is 1. The molecule has 1 aliphatic heterocycles. The Bertz CT molecular complexity index is 1130. The summed E-state index contributed by atoms with van der Waals surface area (Å²) < 4.78 is 12.1. The Kier molecular flexibility index (Phi) is 7.33. The van der Waals surface area contributed by atoms with Crippen LogP contribution in [0.5, 0.6) is 11.5 Å². The van der Waals surface area contributed by atoms with Crippen LogP contribution in [-0.4, -0.2) is 57.5 Å². The lowest BCUT2D eigenvalue weighted by molar-refractivity contribution is -0.141. The minimum absolute atomic E-state index is 0. The van der Waals surface area contributed by atoms with Crippen LogP contribution in [0.1, 0.15) is 25.7 Å². The zero-order chi connectivity index (χ0) is 22.8. The fourth-order valence-corrected chi connectivity index (χ4v) is 5.13. The number of carboxylic acid groups (broad SMARTS) is 1. The van der Waals surface area contributed by atoms with Gasteiger partial charge in [-0.05, 0) is 73.0 Å². The molecular formula is C24H28ClN5O4. The molecule has 0 spiro atoms. The van der Waals surface area contributed by atoms with Crippen molar-refractivity contribution >= 4 is 18.4 Å². The minimum atomic E-state index is -0.777. The predicted octanol–water partition coefficient (Wildman–Crippen LogP) is 3.57. The van der Waals surface area contributed by atoms with Crippen LogP contribution in [0, 0.1) is 11.8 Å². The van der Waals surface area contributed by atoms with Crippen molar-refractivity contribution in [2.75, 3.05) is 13.7 Å². The zero-order valence-corrected chi connectivity index (χ0v) is 19.6. The van der Waals surface area contributed by atoms with E-state index in [1.807, 2.05) is 42.5 Å². The van der Waals surface area contributed by atoms with Crippen molar-refractivity contribution in [3.8, 4) is 34.0 Å². The van der Waals surface area contributed by atoms with Crippen LogP contribution in [0.15, 0.2) is 42.5 Å². The lowest BCUT2D eigenvalue weighted by Crippen LogP contribution is -2.50. The van der Waals surface area contributed by atoms with Gasteiger partial charge < -0.3 is 19.9 Å². The maximum Gasteiger partial charge on any atom is 0.320 e. The average Bonchev–Trinajstić information content (AvgIpc) is 3.38. The summed E-state index contributed by atoms with van der Waals surface area (Å²) in [5.74, 6) is 1.99. The SMILES string of the molecule is COc1ccccc1-c1ccc(-c2nn[nH]n2)c(OC2CCC3CNC(C(=O)O)CC3C2)c1.Cl. The number of nitrogens with one attached hydrogen (secondary N) is 2. The van der Waals surface area contributed by atoms with Crippen molar-refractivity contribution in [2.24, 2.45) is 11.8 Å². The van der Waals surface area contributed by atoms with E-state index in [-0.39, 0.29) is 18.5 Å². The highest BCUT2D eigenvalue weighted by atomic mass is 35.5. The summed E-state index contributed by atoms with van der Waals surface area (Å²) in [5, 5.41) is 27.1. The van der Waals surface area contributed by atoms with Gasteiger partial charge in [0.1, 0.15) is 17.5 Å². The van der Waals surface area contributed by atoms with E-state index >= 15 is 0 Å². The van der Waals surface area contributed by atoms with E-state index in [0.29, 0.717) is 29.8 Å². The van der Waals surface area contributed by atoms with Gasteiger partial charge in [0.15, 0.2) is 0 Å². The van der Waals surface area contributed by atoms with Gasteiger partial charge in [-0.3, -0.25) is 4.79 Å². The molecule has 4 atom stereocenters. The largest absolute Gasteiger partial charge is 0.496 e. The number of aromatic nitrogens is 4. The third-order valence-electron chi connectivity index (χ3n) is 6.83. The molecule has 2 fully saturated rings. The van der Waals surface area contributed by atoms with Gasteiger partial charge in [-0.25, -0.2) is 0 Å². The van der Waals surface area contributed by atoms with Gasteiger partial charge in [0, 0.05) is 5.56 Å². The number of aliphatic carboxylic acids is 1. The van der Waals surface area contributed by atoms with Crippen LogP contribution in [0.3, 0.4) is 0 Å². The molecule has 1 saturated heterocycles. The smallest absolute Gasteiger partial charge is 0.320 e. The number of methoxy groups -OCH3 is 1. The Morgan fingerprint density at radius 3 is 2.68 bits per heavy atom. The number of piperidine rings is 1. The number of rotatable bonds is 6. The fourth-order valence-electron chi connectivity index (χ4n) is 5.13. The Morgan fingerprint density at radius 2 is 1.91 bits per heavy atom. The molecule has 2 heterocycles. The standard InChI is InChI=1S/C24H27N5O4.ClH/c1-32-21-5-3-2-4-18(21)14-7-9-19(23-26-28-29-27-23)22(12-14)33-17-8-6-15-13-25-20(24(30)31)11-16(15)10-17;/h2-5,7,9,12,15-17,20,25H,6,8,10-11,13H2,1H3,(H,30,31)(H,26,27,28,29);1H. The molecule has 0 bridgehead atoms.